The predicted molar refractivity (Wildman–Crippen MR) is 151 cm³/mol. The Morgan fingerprint density at radius 2 is 1.54 bits per heavy atom. The lowest BCUT2D eigenvalue weighted by atomic mass is 10.00. The van der Waals surface area contributed by atoms with E-state index in [1.807, 2.05) is 75.0 Å². The van der Waals surface area contributed by atoms with E-state index in [-0.39, 0.29) is 0 Å². The zero-order valence-electron chi connectivity index (χ0n) is 21.3. The summed E-state index contributed by atoms with van der Waals surface area (Å²) < 4.78 is 13.8. The number of nitrogens with zero attached hydrogens (tertiary/aromatic N) is 6. The van der Waals surface area contributed by atoms with Gasteiger partial charge in [0.25, 0.3) is 0 Å². The maximum atomic E-state index is 12.0. The maximum Gasteiger partial charge on any atom is 0.162 e. The summed E-state index contributed by atoms with van der Waals surface area (Å²) in [5.74, 6) is 1.01. The molecule has 2 N–H and O–H groups in total. The first-order valence-electron chi connectivity index (χ1n) is 12.5. The summed E-state index contributed by atoms with van der Waals surface area (Å²) in [6, 6.07) is 15.8. The molecular weight excluding hydrogens is 482 g/mol. The third-order valence-electron chi connectivity index (χ3n) is 6.66. The van der Waals surface area contributed by atoms with Crippen LogP contribution >= 0.6 is 0 Å². The predicted octanol–water partition coefficient (Wildman–Crippen LogP) is 4.37. The lowest BCUT2D eigenvalue weighted by Gasteiger charge is -2.33. The second-order valence-corrected chi connectivity index (χ2v) is 9.85. The molecule has 1 aliphatic rings. The van der Waals surface area contributed by atoms with Crippen molar-refractivity contribution < 1.29 is 4.21 Å². The number of aromatic nitrogens is 4. The lowest BCUT2D eigenvalue weighted by molar-refractivity contribution is 0.312. The van der Waals surface area contributed by atoms with Gasteiger partial charge in [-0.2, -0.15) is 5.10 Å². The van der Waals surface area contributed by atoms with E-state index in [2.05, 4.69) is 34.1 Å². The van der Waals surface area contributed by atoms with E-state index in [4.69, 9.17) is 15.1 Å². The van der Waals surface area contributed by atoms with Crippen LogP contribution in [-0.4, -0.2) is 61.9 Å². The molecule has 190 valence electrons. The van der Waals surface area contributed by atoms with E-state index < -0.39 is 11.0 Å². The van der Waals surface area contributed by atoms with E-state index >= 15 is 0 Å². The Morgan fingerprint density at radius 3 is 2.24 bits per heavy atom. The topological polar surface area (TPSA) is 92.6 Å². The van der Waals surface area contributed by atoms with Gasteiger partial charge in [0.15, 0.2) is 5.65 Å². The maximum absolute atomic E-state index is 12.0. The van der Waals surface area contributed by atoms with Gasteiger partial charge in [-0.1, -0.05) is 44.2 Å². The number of nitrogens with two attached hydrogens (primary N) is 1. The molecular formula is C28H31N7OS. The van der Waals surface area contributed by atoms with Crippen molar-refractivity contribution in [2.75, 3.05) is 38.1 Å². The van der Waals surface area contributed by atoms with E-state index in [0.29, 0.717) is 4.90 Å². The average Bonchev–Trinajstić information content (AvgIpc) is 3.37. The van der Waals surface area contributed by atoms with Gasteiger partial charge >= 0.3 is 0 Å². The van der Waals surface area contributed by atoms with Gasteiger partial charge in [-0.25, -0.2) is 23.8 Å². The summed E-state index contributed by atoms with van der Waals surface area (Å²) in [7, 11) is 0.588. The largest absolute Gasteiger partial charge is 0.354 e. The highest BCUT2D eigenvalue weighted by Crippen LogP contribution is 2.34. The van der Waals surface area contributed by atoms with Crippen molar-refractivity contribution in [3.05, 3.63) is 73.3 Å². The van der Waals surface area contributed by atoms with Crippen molar-refractivity contribution in [2.45, 2.75) is 18.7 Å². The van der Waals surface area contributed by atoms with Crippen LogP contribution in [0.1, 0.15) is 13.8 Å². The zero-order valence-corrected chi connectivity index (χ0v) is 22.2. The zero-order chi connectivity index (χ0) is 25.9. The Bertz CT molecular complexity index is 1560. The molecule has 5 aromatic rings. The fourth-order valence-electron chi connectivity index (χ4n) is 4.67. The summed E-state index contributed by atoms with van der Waals surface area (Å²) >= 11 is 0. The molecule has 9 heteroatoms. The quantitative estimate of drug-likeness (QED) is 0.384. The fourth-order valence-corrected chi connectivity index (χ4v) is 5.27. The highest BCUT2D eigenvalue weighted by molar-refractivity contribution is 7.83. The van der Waals surface area contributed by atoms with Crippen LogP contribution in [0.2, 0.25) is 0 Å². The summed E-state index contributed by atoms with van der Waals surface area (Å²) in [5.41, 5.74) is 4.58. The highest BCUT2D eigenvalue weighted by Gasteiger charge is 2.17. The van der Waals surface area contributed by atoms with Crippen molar-refractivity contribution in [3.8, 4) is 22.3 Å². The molecule has 37 heavy (non-hydrogen) atoms. The third kappa shape index (κ3) is 4.85. The first-order valence-corrected chi connectivity index (χ1v) is 13.7. The number of hydrogen-bond acceptors (Lipinski definition) is 6. The minimum Gasteiger partial charge on any atom is -0.354 e. The number of anilines is 1. The summed E-state index contributed by atoms with van der Waals surface area (Å²) in [4.78, 5) is 14.7. The van der Waals surface area contributed by atoms with Gasteiger partial charge < -0.3 is 9.80 Å². The van der Waals surface area contributed by atoms with Gasteiger partial charge in [-0.15, -0.1) is 0 Å². The monoisotopic (exact) mass is 513 g/mol. The number of fused-ring (bicyclic) bond motifs is 2. The van der Waals surface area contributed by atoms with Crippen LogP contribution in [-0.2, 0) is 11.0 Å². The first-order chi connectivity index (χ1) is 18.1. The molecule has 1 atom stereocenters. The molecule has 4 heterocycles. The third-order valence-corrected chi connectivity index (χ3v) is 7.45. The summed E-state index contributed by atoms with van der Waals surface area (Å²) in [6.07, 6.45) is 7.56. The number of hydrogen-bond donors (Lipinski definition) is 1. The van der Waals surface area contributed by atoms with Gasteiger partial charge in [0.05, 0.1) is 11.1 Å². The van der Waals surface area contributed by atoms with E-state index in [1.165, 1.54) is 0 Å². The molecule has 0 radical (unpaired) electrons. The van der Waals surface area contributed by atoms with Crippen LogP contribution in [0.4, 0.5) is 5.82 Å². The molecule has 1 unspecified atom stereocenters. The lowest BCUT2D eigenvalue weighted by Crippen LogP contribution is -2.44. The molecule has 0 amide bonds. The molecule has 0 saturated carbocycles. The van der Waals surface area contributed by atoms with Crippen LogP contribution in [0.15, 0.2) is 78.2 Å². The summed E-state index contributed by atoms with van der Waals surface area (Å²) in [6.45, 7) is 8.08. The average molecular weight is 514 g/mol. The van der Waals surface area contributed by atoms with Crippen LogP contribution in [0.5, 0.6) is 0 Å². The van der Waals surface area contributed by atoms with E-state index in [9.17, 15) is 4.21 Å². The van der Waals surface area contributed by atoms with Gasteiger partial charge in [0, 0.05) is 61.5 Å². The number of piperazine rings is 1. The van der Waals surface area contributed by atoms with Gasteiger partial charge in [-0.3, -0.25) is 0 Å². The van der Waals surface area contributed by atoms with Crippen LogP contribution in [0, 0.1) is 0 Å². The molecule has 0 spiro atoms. The molecule has 0 bridgehead atoms. The summed E-state index contributed by atoms with van der Waals surface area (Å²) in [5, 5.41) is 12.1. The SMILES string of the molecule is CC.CN1CCN(c2ccc(-c3cnc4c(-c5ccc(S(N)=O)c6ccccc56)cnn4c3)cn2)CC1. The van der Waals surface area contributed by atoms with Crippen molar-refractivity contribution >= 4 is 33.2 Å². The second kappa shape index (κ2) is 10.8. The molecule has 1 aliphatic heterocycles. The Morgan fingerprint density at radius 1 is 0.811 bits per heavy atom. The molecule has 1 saturated heterocycles. The Kier molecular flexibility index (Phi) is 7.27. The number of rotatable bonds is 4. The van der Waals surface area contributed by atoms with Crippen LogP contribution in [0.25, 0.3) is 38.7 Å². The first kappa shape index (κ1) is 25.0. The molecule has 3 aromatic heterocycles. The molecule has 8 nitrogen and oxygen atoms in total. The highest BCUT2D eigenvalue weighted by atomic mass is 32.2. The Balaban J connectivity index is 0.00000137. The molecule has 2 aromatic carbocycles. The van der Waals surface area contributed by atoms with E-state index in [1.54, 1.807) is 4.52 Å². The van der Waals surface area contributed by atoms with Gasteiger partial charge in [0.2, 0.25) is 0 Å². The van der Waals surface area contributed by atoms with Crippen molar-refractivity contribution in [3.63, 3.8) is 0 Å². The van der Waals surface area contributed by atoms with Gasteiger partial charge in [-0.05, 0) is 41.6 Å². The smallest absolute Gasteiger partial charge is 0.162 e. The van der Waals surface area contributed by atoms with E-state index in [0.717, 1.165) is 70.7 Å². The number of pyridine rings is 1. The van der Waals surface area contributed by atoms with Crippen LogP contribution in [0.3, 0.4) is 0 Å². The standard InChI is InChI=1S/C26H25N7OS.C2H6/c1-31-10-12-32(13-11-31)25-9-6-18(14-28-25)19-15-29-26-23(16-30-33(26)17-19)21-7-8-24(35(27)34)22-5-3-2-4-20(21)22;1-2/h2-9,14-17H,10-13,27H2,1H3;1-2H3. The van der Waals surface area contributed by atoms with Crippen molar-refractivity contribution in [2.24, 2.45) is 5.14 Å². The normalized spacial score (nSPS) is 15.0. The Labute approximate surface area is 219 Å². The van der Waals surface area contributed by atoms with Crippen molar-refractivity contribution in [1.82, 2.24) is 24.5 Å². The van der Waals surface area contributed by atoms with Gasteiger partial charge in [0.1, 0.15) is 16.8 Å². The number of likely N-dealkylation sites (N-methyl/N-ethyl adjacent to an activating group) is 1. The minimum atomic E-state index is -1.56. The molecule has 1 fully saturated rings. The second-order valence-electron chi connectivity index (χ2n) is 8.82. The minimum absolute atomic E-state index is 0.614. The van der Waals surface area contributed by atoms with Crippen molar-refractivity contribution in [1.29, 1.82) is 0 Å². The van der Waals surface area contributed by atoms with Crippen LogP contribution < -0.4 is 10.0 Å². The fraction of sp³-hybridized carbons (Fsp3) is 0.250. The Hall–Kier alpha value is -3.66. The molecule has 6 rings (SSSR count). The number of benzene rings is 2. The molecule has 0 aliphatic carbocycles.